The first-order valence-corrected chi connectivity index (χ1v) is 7.63. The highest BCUT2D eigenvalue weighted by Crippen LogP contribution is 2.22. The summed E-state index contributed by atoms with van der Waals surface area (Å²) in [5, 5.41) is 11.8. The monoisotopic (exact) mass is 336 g/mol. The average Bonchev–Trinajstić information content (AvgIpc) is 2.48. The van der Waals surface area contributed by atoms with Crippen molar-refractivity contribution < 1.29 is 24.2 Å². The molecule has 2 amide bonds. The van der Waals surface area contributed by atoms with E-state index in [4.69, 9.17) is 10.5 Å². The summed E-state index contributed by atoms with van der Waals surface area (Å²) in [5.74, 6) is -1.74. The number of hydrogen-bond acceptors (Lipinski definition) is 4. The number of ether oxygens (including phenoxy) is 1. The van der Waals surface area contributed by atoms with E-state index in [0.29, 0.717) is 24.2 Å². The van der Waals surface area contributed by atoms with E-state index in [0.717, 1.165) is 0 Å². The van der Waals surface area contributed by atoms with Gasteiger partial charge < -0.3 is 20.9 Å². The number of rotatable bonds is 8. The van der Waals surface area contributed by atoms with Crippen LogP contribution < -0.4 is 15.8 Å². The third kappa shape index (κ3) is 7.13. The van der Waals surface area contributed by atoms with Gasteiger partial charge in [-0.2, -0.15) is 0 Å². The molecule has 4 N–H and O–H groups in total. The molecule has 24 heavy (non-hydrogen) atoms. The van der Waals surface area contributed by atoms with Gasteiger partial charge >= 0.3 is 5.97 Å². The highest BCUT2D eigenvalue weighted by molar-refractivity contribution is 5.96. The molecular formula is C17H24N2O5. The van der Waals surface area contributed by atoms with Crippen LogP contribution in [0.2, 0.25) is 0 Å². The summed E-state index contributed by atoms with van der Waals surface area (Å²) in [7, 11) is 0. The summed E-state index contributed by atoms with van der Waals surface area (Å²) in [6.45, 7) is 5.79. The molecule has 1 aromatic carbocycles. The van der Waals surface area contributed by atoms with Gasteiger partial charge in [-0.05, 0) is 42.5 Å². The van der Waals surface area contributed by atoms with E-state index in [2.05, 4.69) is 5.32 Å². The zero-order valence-corrected chi connectivity index (χ0v) is 14.2. The number of carboxylic acid groups (broad SMARTS) is 1. The maximum Gasteiger partial charge on any atom is 0.326 e. The topological polar surface area (TPSA) is 119 Å². The van der Waals surface area contributed by atoms with Crippen molar-refractivity contribution in [2.45, 2.75) is 39.7 Å². The van der Waals surface area contributed by atoms with Crippen LogP contribution in [-0.2, 0) is 9.59 Å². The van der Waals surface area contributed by atoms with E-state index in [1.807, 2.05) is 20.8 Å². The second-order valence-corrected chi connectivity index (χ2v) is 6.74. The summed E-state index contributed by atoms with van der Waals surface area (Å²) in [6, 6.07) is 5.08. The van der Waals surface area contributed by atoms with Gasteiger partial charge in [0, 0.05) is 5.56 Å². The number of nitrogens with one attached hydrogen (secondary N) is 1. The first kappa shape index (κ1) is 19.5. The molecule has 1 aromatic rings. The molecule has 7 nitrogen and oxygen atoms in total. The molecule has 0 aliphatic rings. The Kier molecular flexibility index (Phi) is 6.76. The van der Waals surface area contributed by atoms with Crippen LogP contribution in [0.1, 0.15) is 44.0 Å². The van der Waals surface area contributed by atoms with Crippen LogP contribution in [-0.4, -0.2) is 35.5 Å². The van der Waals surface area contributed by atoms with Crippen molar-refractivity contribution in [2.24, 2.45) is 11.1 Å². The lowest BCUT2D eigenvalue weighted by molar-refractivity contribution is -0.139. The quantitative estimate of drug-likeness (QED) is 0.665. The summed E-state index contributed by atoms with van der Waals surface area (Å²) in [4.78, 5) is 34.1. The number of primary amides is 1. The maximum atomic E-state index is 12.2. The fraction of sp³-hybridized carbons (Fsp3) is 0.471. The third-order valence-corrected chi connectivity index (χ3v) is 3.28. The molecule has 132 valence electrons. The highest BCUT2D eigenvalue weighted by Gasteiger charge is 2.23. The van der Waals surface area contributed by atoms with Crippen molar-refractivity contribution in [3.8, 4) is 5.75 Å². The summed E-state index contributed by atoms with van der Waals surface area (Å²) in [6.07, 6.45) is 1.02. The largest absolute Gasteiger partial charge is 0.484 e. The Labute approximate surface area is 141 Å². The van der Waals surface area contributed by atoms with Gasteiger partial charge in [-0.15, -0.1) is 0 Å². The minimum atomic E-state index is -1.06. The predicted molar refractivity (Wildman–Crippen MR) is 88.7 cm³/mol. The van der Waals surface area contributed by atoms with Crippen LogP contribution >= 0.6 is 0 Å². The van der Waals surface area contributed by atoms with E-state index >= 15 is 0 Å². The van der Waals surface area contributed by atoms with Crippen LogP contribution in [0, 0.1) is 5.41 Å². The lowest BCUT2D eigenvalue weighted by Gasteiger charge is -2.21. The molecule has 1 rings (SSSR count). The average molecular weight is 336 g/mol. The number of carboxylic acids is 1. The summed E-state index contributed by atoms with van der Waals surface area (Å²) >= 11 is 0. The Morgan fingerprint density at radius 3 is 2.25 bits per heavy atom. The molecule has 0 radical (unpaired) electrons. The molecular weight excluding hydrogens is 312 g/mol. The van der Waals surface area contributed by atoms with Gasteiger partial charge in [-0.25, -0.2) is 4.79 Å². The SMILES string of the molecule is CC(C)(C)CCC(NC(=O)c1ccc(OCC(N)=O)cc1)C(=O)O. The first-order valence-electron chi connectivity index (χ1n) is 7.63. The zero-order chi connectivity index (χ0) is 18.3. The molecule has 0 fully saturated rings. The number of carbonyl (C=O) groups excluding carboxylic acids is 2. The number of aliphatic carboxylic acids is 1. The normalized spacial score (nSPS) is 12.3. The molecule has 0 aliphatic heterocycles. The number of carbonyl (C=O) groups is 3. The van der Waals surface area contributed by atoms with Crippen LogP contribution in [0.5, 0.6) is 5.75 Å². The predicted octanol–water partition coefficient (Wildman–Crippen LogP) is 1.56. The number of nitrogens with two attached hydrogens (primary N) is 1. The van der Waals surface area contributed by atoms with Gasteiger partial charge in [0.1, 0.15) is 11.8 Å². The van der Waals surface area contributed by atoms with Gasteiger partial charge in [0.25, 0.3) is 11.8 Å². The lowest BCUT2D eigenvalue weighted by Crippen LogP contribution is -2.41. The van der Waals surface area contributed by atoms with E-state index in [9.17, 15) is 19.5 Å². The molecule has 1 unspecified atom stereocenters. The lowest BCUT2D eigenvalue weighted by atomic mass is 9.88. The number of benzene rings is 1. The highest BCUT2D eigenvalue weighted by atomic mass is 16.5. The van der Waals surface area contributed by atoms with Gasteiger partial charge in [-0.1, -0.05) is 20.8 Å². The molecule has 0 aliphatic carbocycles. The van der Waals surface area contributed by atoms with Crippen LogP contribution in [0.4, 0.5) is 0 Å². The van der Waals surface area contributed by atoms with Crippen LogP contribution in [0.3, 0.4) is 0 Å². The molecule has 0 aromatic heterocycles. The minimum absolute atomic E-state index is 0.0160. The molecule has 0 heterocycles. The van der Waals surface area contributed by atoms with Gasteiger partial charge in [0.15, 0.2) is 6.61 Å². The molecule has 0 saturated heterocycles. The molecule has 1 atom stereocenters. The second-order valence-electron chi connectivity index (χ2n) is 6.74. The Balaban J connectivity index is 2.67. The van der Waals surface area contributed by atoms with E-state index < -0.39 is 23.8 Å². The van der Waals surface area contributed by atoms with Crippen LogP contribution in [0.25, 0.3) is 0 Å². The van der Waals surface area contributed by atoms with Crippen molar-refractivity contribution in [1.29, 1.82) is 0 Å². The third-order valence-electron chi connectivity index (χ3n) is 3.28. The van der Waals surface area contributed by atoms with Crippen molar-refractivity contribution >= 4 is 17.8 Å². The Hall–Kier alpha value is -2.57. The smallest absolute Gasteiger partial charge is 0.326 e. The minimum Gasteiger partial charge on any atom is -0.484 e. The second kappa shape index (κ2) is 8.33. The maximum absolute atomic E-state index is 12.2. The zero-order valence-electron chi connectivity index (χ0n) is 14.2. The Morgan fingerprint density at radius 2 is 1.79 bits per heavy atom. The molecule has 0 bridgehead atoms. The van der Waals surface area contributed by atoms with Crippen molar-refractivity contribution in [3.05, 3.63) is 29.8 Å². The van der Waals surface area contributed by atoms with E-state index in [1.165, 1.54) is 24.3 Å². The van der Waals surface area contributed by atoms with E-state index in [-0.39, 0.29) is 12.0 Å². The fourth-order valence-corrected chi connectivity index (χ4v) is 1.93. The van der Waals surface area contributed by atoms with Crippen molar-refractivity contribution in [2.75, 3.05) is 6.61 Å². The molecule has 0 spiro atoms. The molecule has 7 heteroatoms. The van der Waals surface area contributed by atoms with Crippen molar-refractivity contribution in [1.82, 2.24) is 5.32 Å². The molecule has 0 saturated carbocycles. The number of hydrogen-bond donors (Lipinski definition) is 3. The summed E-state index contributed by atoms with van der Waals surface area (Å²) in [5.41, 5.74) is 5.27. The van der Waals surface area contributed by atoms with Gasteiger partial charge in [-0.3, -0.25) is 9.59 Å². The standard InChI is InChI=1S/C17H24N2O5/c1-17(2,3)9-8-13(16(22)23)19-15(21)11-4-6-12(7-5-11)24-10-14(18)20/h4-7,13H,8-10H2,1-3H3,(H2,18,20)(H,19,21)(H,22,23). The van der Waals surface area contributed by atoms with Crippen LogP contribution in [0.15, 0.2) is 24.3 Å². The first-order chi connectivity index (χ1) is 11.1. The summed E-state index contributed by atoms with van der Waals surface area (Å²) < 4.78 is 5.10. The van der Waals surface area contributed by atoms with Gasteiger partial charge in [0.05, 0.1) is 0 Å². The fourth-order valence-electron chi connectivity index (χ4n) is 1.93. The van der Waals surface area contributed by atoms with E-state index in [1.54, 1.807) is 0 Å². The number of amides is 2. The Bertz CT molecular complexity index is 590. The van der Waals surface area contributed by atoms with Gasteiger partial charge in [0.2, 0.25) is 0 Å². The Morgan fingerprint density at radius 1 is 1.21 bits per heavy atom. The van der Waals surface area contributed by atoms with Crippen molar-refractivity contribution in [3.63, 3.8) is 0 Å².